The van der Waals surface area contributed by atoms with Gasteiger partial charge in [0.1, 0.15) is 11.6 Å². The Labute approximate surface area is 288 Å². The number of carboxylic acids is 1. The highest BCUT2D eigenvalue weighted by Gasteiger charge is 2.39. The normalized spacial score (nSPS) is 21.3. The molecule has 4 atom stereocenters. The Hall–Kier alpha value is -4.09. The number of rotatable bonds is 13. The number of hydrogen-bond donors (Lipinski definition) is 3. The first-order valence-corrected chi connectivity index (χ1v) is 17.1. The first-order chi connectivity index (χ1) is 23.5. The van der Waals surface area contributed by atoms with Crippen LogP contribution in [0.15, 0.2) is 72.8 Å². The fraction of sp³-hybridized carbons (Fsp3) is 0.462. The predicted molar refractivity (Wildman–Crippen MR) is 184 cm³/mol. The molecule has 2 aliphatic rings. The lowest BCUT2D eigenvalue weighted by Gasteiger charge is -2.38. The zero-order valence-electron chi connectivity index (χ0n) is 28.6. The molecule has 0 bridgehead atoms. The number of carbonyl (C=O) groups excluding carboxylic acids is 2. The number of nitrogens with zero attached hydrogens (tertiary/aromatic N) is 1. The molecule has 49 heavy (non-hydrogen) atoms. The van der Waals surface area contributed by atoms with E-state index in [2.05, 4.69) is 10.2 Å². The van der Waals surface area contributed by atoms with Gasteiger partial charge in [-0.3, -0.25) is 19.3 Å². The van der Waals surface area contributed by atoms with E-state index < -0.39 is 17.9 Å². The molecule has 2 heterocycles. The van der Waals surface area contributed by atoms with Gasteiger partial charge in [0, 0.05) is 37.9 Å². The van der Waals surface area contributed by atoms with Gasteiger partial charge < -0.3 is 29.7 Å². The number of carboxylic acid groups (broad SMARTS) is 1. The molecule has 2 aliphatic heterocycles. The van der Waals surface area contributed by atoms with Gasteiger partial charge in [-0.05, 0) is 80.5 Å². The van der Waals surface area contributed by atoms with Crippen LogP contribution in [-0.4, -0.2) is 63.8 Å². The molecule has 0 aromatic heterocycles. The SMILES string of the molecule is CC(C)(C)OC(=O)[C@@H]1CCCN1C[C@H]1C[C@@H](c2ccc(CO)cc2)O[C@@H](c2ccc(-c3cccc(CNC(=O)CCCC(=O)O)c3)cc2)O1. The van der Waals surface area contributed by atoms with E-state index in [-0.39, 0.29) is 49.6 Å². The van der Waals surface area contributed by atoms with Gasteiger partial charge in [0.2, 0.25) is 5.91 Å². The number of carbonyl (C=O) groups is 3. The van der Waals surface area contributed by atoms with E-state index in [0.717, 1.165) is 52.8 Å². The highest BCUT2D eigenvalue weighted by Crippen LogP contribution is 2.39. The number of aliphatic carboxylic acids is 1. The maximum Gasteiger partial charge on any atom is 0.323 e. The van der Waals surface area contributed by atoms with Gasteiger partial charge >= 0.3 is 11.9 Å². The Morgan fingerprint density at radius 1 is 0.918 bits per heavy atom. The number of hydrogen-bond acceptors (Lipinski definition) is 8. The average molecular weight is 673 g/mol. The number of aliphatic hydroxyl groups excluding tert-OH is 1. The zero-order chi connectivity index (χ0) is 35.0. The number of aliphatic hydroxyl groups is 1. The third kappa shape index (κ3) is 10.4. The molecule has 3 aromatic carbocycles. The van der Waals surface area contributed by atoms with Crippen molar-refractivity contribution >= 4 is 17.8 Å². The Morgan fingerprint density at radius 2 is 1.65 bits per heavy atom. The van der Waals surface area contributed by atoms with E-state index in [1.807, 2.05) is 93.6 Å². The monoisotopic (exact) mass is 672 g/mol. The number of likely N-dealkylation sites (tertiary alicyclic amines) is 1. The van der Waals surface area contributed by atoms with Gasteiger partial charge in [0.05, 0.1) is 18.8 Å². The minimum atomic E-state index is -0.906. The van der Waals surface area contributed by atoms with Crippen LogP contribution in [0.25, 0.3) is 11.1 Å². The number of ether oxygens (including phenoxy) is 3. The summed E-state index contributed by atoms with van der Waals surface area (Å²) in [6.07, 6.45) is 1.70. The summed E-state index contributed by atoms with van der Waals surface area (Å²) in [6, 6.07) is 23.5. The van der Waals surface area contributed by atoms with Crippen molar-refractivity contribution in [3.63, 3.8) is 0 Å². The average Bonchev–Trinajstić information content (AvgIpc) is 3.55. The standard InChI is InChI=1S/C39H48N2O8/c1-39(2,3)49-37(46)33-9-6-20-41(33)24-32-22-34(29-14-12-26(25-42)13-15-29)48-38(47-32)30-18-16-28(17-19-30)31-8-4-7-27(21-31)23-40-35(43)10-5-11-36(44)45/h4,7-8,12-19,21,32-34,38,42H,5-6,9-11,20,22-25H2,1-3H3,(H,40,43)(H,44,45)/t32-,33+,34+,38+/m1/s1. The first kappa shape index (κ1) is 36.2. The summed E-state index contributed by atoms with van der Waals surface area (Å²) in [5.74, 6) is -1.27. The fourth-order valence-corrected chi connectivity index (χ4v) is 6.36. The Kier molecular flexibility index (Phi) is 12.2. The molecule has 0 spiro atoms. The van der Waals surface area contributed by atoms with Crippen molar-refractivity contribution < 1.29 is 38.8 Å². The zero-order valence-corrected chi connectivity index (χ0v) is 28.6. The fourth-order valence-electron chi connectivity index (χ4n) is 6.36. The van der Waals surface area contributed by atoms with Crippen molar-refractivity contribution in [2.45, 2.75) is 103 Å². The third-order valence-corrected chi connectivity index (χ3v) is 8.82. The van der Waals surface area contributed by atoms with E-state index in [1.165, 1.54) is 0 Å². The van der Waals surface area contributed by atoms with Gasteiger partial charge in [-0.2, -0.15) is 0 Å². The minimum absolute atomic E-state index is 0.0259. The molecule has 262 valence electrons. The smallest absolute Gasteiger partial charge is 0.323 e. The predicted octanol–water partition coefficient (Wildman–Crippen LogP) is 6.07. The van der Waals surface area contributed by atoms with E-state index in [4.69, 9.17) is 19.3 Å². The van der Waals surface area contributed by atoms with Crippen LogP contribution in [0.3, 0.4) is 0 Å². The number of nitrogens with one attached hydrogen (secondary N) is 1. The number of amides is 1. The molecular weight excluding hydrogens is 624 g/mol. The summed E-state index contributed by atoms with van der Waals surface area (Å²) in [6.45, 7) is 7.37. The molecule has 1 amide bonds. The summed E-state index contributed by atoms with van der Waals surface area (Å²) in [4.78, 5) is 38.1. The van der Waals surface area contributed by atoms with E-state index in [0.29, 0.717) is 25.9 Å². The Bertz CT molecular complexity index is 1570. The molecule has 10 nitrogen and oxygen atoms in total. The second-order valence-electron chi connectivity index (χ2n) is 13.9. The molecular formula is C39H48N2O8. The number of benzene rings is 3. The first-order valence-electron chi connectivity index (χ1n) is 17.1. The third-order valence-electron chi connectivity index (χ3n) is 8.82. The van der Waals surface area contributed by atoms with E-state index in [1.54, 1.807) is 0 Å². The van der Waals surface area contributed by atoms with Crippen molar-refractivity contribution in [3.05, 3.63) is 95.1 Å². The summed E-state index contributed by atoms with van der Waals surface area (Å²) in [5, 5.41) is 21.2. The lowest BCUT2D eigenvalue weighted by Crippen LogP contribution is -2.45. The largest absolute Gasteiger partial charge is 0.481 e. The van der Waals surface area contributed by atoms with Crippen LogP contribution in [0.1, 0.15) is 93.9 Å². The molecule has 2 fully saturated rings. The molecule has 3 aromatic rings. The quantitative estimate of drug-likeness (QED) is 0.185. The number of esters is 1. The summed E-state index contributed by atoms with van der Waals surface area (Å²) < 4.78 is 18.9. The molecule has 3 N–H and O–H groups in total. The second kappa shape index (κ2) is 16.5. The lowest BCUT2D eigenvalue weighted by atomic mass is 9.98. The molecule has 0 aliphatic carbocycles. The van der Waals surface area contributed by atoms with Gasteiger partial charge in [0.15, 0.2) is 6.29 Å². The molecule has 0 unspecified atom stereocenters. The van der Waals surface area contributed by atoms with Crippen LogP contribution in [0.5, 0.6) is 0 Å². The molecule has 0 saturated carbocycles. The van der Waals surface area contributed by atoms with Gasteiger partial charge in [-0.15, -0.1) is 0 Å². The summed E-state index contributed by atoms with van der Waals surface area (Å²) in [5.41, 5.74) is 5.10. The Morgan fingerprint density at radius 3 is 2.35 bits per heavy atom. The van der Waals surface area contributed by atoms with Gasteiger partial charge in [-0.25, -0.2) is 0 Å². The maximum atomic E-state index is 13.1. The molecule has 2 saturated heterocycles. The highest BCUT2D eigenvalue weighted by molar-refractivity contribution is 5.77. The van der Waals surface area contributed by atoms with Crippen LogP contribution >= 0.6 is 0 Å². The molecule has 5 rings (SSSR count). The van der Waals surface area contributed by atoms with Crippen molar-refractivity contribution in [2.24, 2.45) is 0 Å². The van der Waals surface area contributed by atoms with Gasteiger partial charge in [-0.1, -0.05) is 66.7 Å². The topological polar surface area (TPSA) is 135 Å². The van der Waals surface area contributed by atoms with Crippen LogP contribution in [-0.2, 0) is 41.7 Å². The van der Waals surface area contributed by atoms with Crippen LogP contribution in [0, 0.1) is 0 Å². The van der Waals surface area contributed by atoms with Crippen LogP contribution in [0.4, 0.5) is 0 Å². The van der Waals surface area contributed by atoms with Crippen LogP contribution in [0.2, 0.25) is 0 Å². The van der Waals surface area contributed by atoms with Gasteiger partial charge in [0.25, 0.3) is 0 Å². The molecule has 10 heteroatoms. The van der Waals surface area contributed by atoms with Crippen molar-refractivity contribution in [3.8, 4) is 11.1 Å². The van der Waals surface area contributed by atoms with Crippen LogP contribution < -0.4 is 5.32 Å². The summed E-state index contributed by atoms with van der Waals surface area (Å²) >= 11 is 0. The minimum Gasteiger partial charge on any atom is -0.481 e. The van der Waals surface area contributed by atoms with E-state index >= 15 is 0 Å². The van der Waals surface area contributed by atoms with Crippen molar-refractivity contribution in [1.82, 2.24) is 10.2 Å². The lowest BCUT2D eigenvalue weighted by molar-refractivity contribution is -0.253. The van der Waals surface area contributed by atoms with Crippen molar-refractivity contribution in [1.29, 1.82) is 0 Å². The molecule has 0 radical (unpaired) electrons. The maximum absolute atomic E-state index is 13.1. The summed E-state index contributed by atoms with van der Waals surface area (Å²) in [7, 11) is 0. The second-order valence-corrected chi connectivity index (χ2v) is 13.9. The highest BCUT2D eigenvalue weighted by atomic mass is 16.7. The Balaban J connectivity index is 1.28. The van der Waals surface area contributed by atoms with Crippen molar-refractivity contribution in [2.75, 3.05) is 13.1 Å². The van der Waals surface area contributed by atoms with E-state index in [9.17, 15) is 19.5 Å².